The minimum Gasteiger partial charge on any atom is -0.310 e. The highest BCUT2D eigenvalue weighted by atomic mass is 79.9. The van der Waals surface area contributed by atoms with Gasteiger partial charge in [0.15, 0.2) is 0 Å². The van der Waals surface area contributed by atoms with E-state index >= 15 is 0 Å². The Morgan fingerprint density at radius 3 is 2.43 bits per heavy atom. The molecule has 0 aliphatic rings. The number of rotatable bonds is 6. The zero-order valence-corrected chi connectivity index (χ0v) is 14.6. The number of nitrogens with one attached hydrogen (secondary N) is 1. The fourth-order valence-corrected chi connectivity index (χ4v) is 3.02. The zero-order chi connectivity index (χ0) is 15.2. The number of nitrogens with zero attached hydrogens (tertiary/aromatic N) is 1. The second-order valence-electron chi connectivity index (χ2n) is 5.49. The lowest BCUT2D eigenvalue weighted by atomic mass is 9.98. The van der Waals surface area contributed by atoms with E-state index in [-0.39, 0.29) is 0 Å². The molecule has 0 saturated heterocycles. The molecule has 2 nitrogen and oxygen atoms in total. The SMILES string of the molecule is CCCNC(Cc1ccccc1Br)c1cc(C)nc(C)c1. The maximum atomic E-state index is 4.48. The van der Waals surface area contributed by atoms with Crippen molar-refractivity contribution in [3.63, 3.8) is 0 Å². The Bertz CT molecular complexity index is 575. The van der Waals surface area contributed by atoms with E-state index in [0.29, 0.717) is 6.04 Å². The molecule has 3 heteroatoms. The molecule has 2 rings (SSSR count). The Kier molecular flexibility index (Phi) is 5.95. The second-order valence-corrected chi connectivity index (χ2v) is 6.34. The maximum Gasteiger partial charge on any atom is 0.0379 e. The van der Waals surface area contributed by atoms with Crippen LogP contribution in [0.4, 0.5) is 0 Å². The van der Waals surface area contributed by atoms with Gasteiger partial charge in [0.2, 0.25) is 0 Å². The quantitative estimate of drug-likeness (QED) is 0.816. The van der Waals surface area contributed by atoms with Crippen LogP contribution < -0.4 is 5.32 Å². The third kappa shape index (κ3) is 4.65. The molecule has 1 unspecified atom stereocenters. The monoisotopic (exact) mass is 346 g/mol. The molecule has 21 heavy (non-hydrogen) atoms. The average molecular weight is 347 g/mol. The predicted molar refractivity (Wildman–Crippen MR) is 92.6 cm³/mol. The van der Waals surface area contributed by atoms with E-state index in [1.165, 1.54) is 15.6 Å². The maximum absolute atomic E-state index is 4.48. The summed E-state index contributed by atoms with van der Waals surface area (Å²) >= 11 is 3.65. The molecule has 112 valence electrons. The van der Waals surface area contributed by atoms with Gasteiger partial charge in [-0.15, -0.1) is 0 Å². The van der Waals surface area contributed by atoms with Gasteiger partial charge in [0.25, 0.3) is 0 Å². The molecule has 0 bridgehead atoms. The molecular formula is C18H23BrN2. The smallest absolute Gasteiger partial charge is 0.0379 e. The number of pyridine rings is 1. The molecule has 1 aromatic carbocycles. The average Bonchev–Trinajstić information content (AvgIpc) is 2.44. The van der Waals surface area contributed by atoms with E-state index in [9.17, 15) is 0 Å². The molecular weight excluding hydrogens is 324 g/mol. The van der Waals surface area contributed by atoms with Crippen molar-refractivity contribution in [3.8, 4) is 0 Å². The van der Waals surface area contributed by atoms with Gasteiger partial charge in [0.05, 0.1) is 0 Å². The summed E-state index contributed by atoms with van der Waals surface area (Å²) in [5, 5.41) is 3.67. The minimum atomic E-state index is 0.323. The lowest BCUT2D eigenvalue weighted by Crippen LogP contribution is -2.24. The summed E-state index contributed by atoms with van der Waals surface area (Å²) in [6, 6.07) is 13.2. The topological polar surface area (TPSA) is 24.9 Å². The Morgan fingerprint density at radius 1 is 1.14 bits per heavy atom. The lowest BCUT2D eigenvalue weighted by Gasteiger charge is -2.20. The largest absolute Gasteiger partial charge is 0.310 e. The van der Waals surface area contributed by atoms with Crippen molar-refractivity contribution < 1.29 is 0 Å². The van der Waals surface area contributed by atoms with Gasteiger partial charge in [-0.25, -0.2) is 0 Å². The molecule has 0 saturated carbocycles. The number of hydrogen-bond acceptors (Lipinski definition) is 2. The van der Waals surface area contributed by atoms with Gasteiger partial charge in [-0.2, -0.15) is 0 Å². The molecule has 2 aromatic rings. The molecule has 0 fully saturated rings. The van der Waals surface area contributed by atoms with Crippen LogP contribution in [0.25, 0.3) is 0 Å². The number of aryl methyl sites for hydroxylation is 2. The van der Waals surface area contributed by atoms with Gasteiger partial charge in [0, 0.05) is 21.9 Å². The first-order valence-corrected chi connectivity index (χ1v) is 8.31. The summed E-state index contributed by atoms with van der Waals surface area (Å²) in [7, 11) is 0. The second kappa shape index (κ2) is 7.71. The van der Waals surface area contributed by atoms with Gasteiger partial charge < -0.3 is 5.32 Å². The summed E-state index contributed by atoms with van der Waals surface area (Å²) < 4.78 is 1.18. The van der Waals surface area contributed by atoms with Crippen LogP contribution in [-0.4, -0.2) is 11.5 Å². The Morgan fingerprint density at radius 2 is 1.81 bits per heavy atom. The highest BCUT2D eigenvalue weighted by Gasteiger charge is 2.14. The fraction of sp³-hybridized carbons (Fsp3) is 0.389. The van der Waals surface area contributed by atoms with E-state index in [1.807, 2.05) is 0 Å². The molecule has 1 heterocycles. The van der Waals surface area contributed by atoms with Gasteiger partial charge in [-0.3, -0.25) is 4.98 Å². The number of halogens is 1. The number of hydrogen-bond donors (Lipinski definition) is 1. The zero-order valence-electron chi connectivity index (χ0n) is 13.0. The summed E-state index contributed by atoms with van der Waals surface area (Å²) in [6.45, 7) is 7.35. The third-order valence-corrected chi connectivity index (χ3v) is 4.30. The van der Waals surface area contributed by atoms with E-state index in [4.69, 9.17) is 0 Å². The van der Waals surface area contributed by atoms with Gasteiger partial charge in [0.1, 0.15) is 0 Å². The Balaban J connectivity index is 2.27. The van der Waals surface area contributed by atoms with Crippen LogP contribution in [0.2, 0.25) is 0 Å². The van der Waals surface area contributed by atoms with Crippen molar-refractivity contribution in [2.75, 3.05) is 6.54 Å². The highest BCUT2D eigenvalue weighted by molar-refractivity contribution is 9.10. The van der Waals surface area contributed by atoms with Crippen LogP contribution in [-0.2, 0) is 6.42 Å². The van der Waals surface area contributed by atoms with Crippen LogP contribution in [0.5, 0.6) is 0 Å². The first-order valence-electron chi connectivity index (χ1n) is 7.52. The molecule has 0 amide bonds. The predicted octanol–water partition coefficient (Wildman–Crippen LogP) is 4.74. The van der Waals surface area contributed by atoms with Crippen molar-refractivity contribution in [3.05, 3.63) is 63.4 Å². The van der Waals surface area contributed by atoms with E-state index in [1.54, 1.807) is 0 Å². The van der Waals surface area contributed by atoms with Crippen LogP contribution in [0.3, 0.4) is 0 Å². The van der Waals surface area contributed by atoms with Crippen molar-refractivity contribution in [2.24, 2.45) is 0 Å². The normalized spacial score (nSPS) is 12.4. The van der Waals surface area contributed by atoms with E-state index in [2.05, 4.69) is 83.4 Å². The van der Waals surface area contributed by atoms with Crippen molar-refractivity contribution >= 4 is 15.9 Å². The Labute approximate surface area is 136 Å². The lowest BCUT2D eigenvalue weighted by molar-refractivity contribution is 0.527. The van der Waals surface area contributed by atoms with Crippen molar-refractivity contribution in [1.29, 1.82) is 0 Å². The van der Waals surface area contributed by atoms with Gasteiger partial charge >= 0.3 is 0 Å². The molecule has 0 spiro atoms. The van der Waals surface area contributed by atoms with Crippen LogP contribution in [0.15, 0.2) is 40.9 Å². The third-order valence-electron chi connectivity index (χ3n) is 3.53. The fourth-order valence-electron chi connectivity index (χ4n) is 2.58. The van der Waals surface area contributed by atoms with Crippen molar-refractivity contribution in [2.45, 2.75) is 39.7 Å². The van der Waals surface area contributed by atoms with Gasteiger partial charge in [-0.1, -0.05) is 41.1 Å². The molecule has 1 N–H and O–H groups in total. The summed E-state index contributed by atoms with van der Waals surface area (Å²) in [4.78, 5) is 4.48. The summed E-state index contributed by atoms with van der Waals surface area (Å²) in [5.41, 5.74) is 4.82. The van der Waals surface area contributed by atoms with Crippen molar-refractivity contribution in [1.82, 2.24) is 10.3 Å². The van der Waals surface area contributed by atoms with Crippen LogP contribution in [0, 0.1) is 13.8 Å². The Hall–Kier alpha value is -1.19. The van der Waals surface area contributed by atoms with E-state index < -0.39 is 0 Å². The van der Waals surface area contributed by atoms with E-state index in [0.717, 1.165) is 30.8 Å². The molecule has 1 atom stereocenters. The summed E-state index contributed by atoms with van der Waals surface area (Å²) in [6.07, 6.45) is 2.11. The van der Waals surface area contributed by atoms with Gasteiger partial charge in [-0.05, 0) is 62.6 Å². The first-order chi connectivity index (χ1) is 10.1. The first kappa shape index (κ1) is 16.2. The van der Waals surface area contributed by atoms with Crippen LogP contribution in [0.1, 0.15) is 41.9 Å². The number of benzene rings is 1. The molecule has 0 aliphatic heterocycles. The number of aromatic nitrogens is 1. The highest BCUT2D eigenvalue weighted by Crippen LogP contribution is 2.24. The minimum absolute atomic E-state index is 0.323. The summed E-state index contributed by atoms with van der Waals surface area (Å²) in [5.74, 6) is 0. The van der Waals surface area contributed by atoms with Crippen LogP contribution >= 0.6 is 15.9 Å². The molecule has 0 radical (unpaired) electrons. The molecule has 1 aromatic heterocycles. The standard InChI is InChI=1S/C18H23BrN2/c1-4-9-20-18(12-15-7-5-6-8-17(15)19)16-10-13(2)21-14(3)11-16/h5-8,10-11,18,20H,4,9,12H2,1-3H3. The molecule has 0 aliphatic carbocycles.